The van der Waals surface area contributed by atoms with Gasteiger partial charge in [0.05, 0.1) is 5.69 Å². The molecule has 0 spiro atoms. The highest BCUT2D eigenvalue weighted by atomic mass is 16.2. The number of rotatable bonds is 1. The van der Waals surface area contributed by atoms with Crippen LogP contribution in [0.2, 0.25) is 0 Å². The number of carbonyl (C=O) groups is 1. The van der Waals surface area contributed by atoms with E-state index < -0.39 is 0 Å². The van der Waals surface area contributed by atoms with Crippen molar-refractivity contribution in [2.75, 3.05) is 25.0 Å². The number of urea groups is 1. The van der Waals surface area contributed by atoms with Gasteiger partial charge in [-0.15, -0.1) is 0 Å². The van der Waals surface area contributed by atoms with Crippen molar-refractivity contribution in [3.8, 4) is 11.8 Å². The van der Waals surface area contributed by atoms with E-state index in [1.54, 1.807) is 0 Å². The summed E-state index contributed by atoms with van der Waals surface area (Å²) in [5.74, 6) is 5.48. The predicted molar refractivity (Wildman–Crippen MR) is 75.0 cm³/mol. The predicted octanol–water partition coefficient (Wildman–Crippen LogP) is 1.97. The highest BCUT2D eigenvalue weighted by Crippen LogP contribution is 2.18. The summed E-state index contributed by atoms with van der Waals surface area (Å²) < 4.78 is 0. The number of likely N-dealkylation sites (tertiary alicyclic amines) is 1. The minimum atomic E-state index is -0.187. The van der Waals surface area contributed by atoms with Crippen LogP contribution < -0.4 is 5.32 Å². The third-order valence-electron chi connectivity index (χ3n) is 3.11. The lowest BCUT2D eigenvalue weighted by molar-refractivity contribution is 0.222. The van der Waals surface area contributed by atoms with Crippen molar-refractivity contribution < 1.29 is 9.90 Å². The second kappa shape index (κ2) is 6.26. The fourth-order valence-electron chi connectivity index (χ4n) is 2.12. The van der Waals surface area contributed by atoms with Gasteiger partial charge in [0.15, 0.2) is 0 Å². The first-order valence-corrected chi connectivity index (χ1v) is 6.47. The fraction of sp³-hybridized carbons (Fsp3) is 0.400. The number of hydrogen-bond acceptors (Lipinski definition) is 2. The van der Waals surface area contributed by atoms with Crippen molar-refractivity contribution in [3.63, 3.8) is 0 Å². The van der Waals surface area contributed by atoms with Crippen LogP contribution in [-0.4, -0.2) is 35.7 Å². The third-order valence-corrected chi connectivity index (χ3v) is 3.11. The molecule has 1 fully saturated rings. The van der Waals surface area contributed by atoms with E-state index in [2.05, 4.69) is 17.2 Å². The van der Waals surface area contributed by atoms with E-state index in [1.165, 1.54) is 0 Å². The summed E-state index contributed by atoms with van der Waals surface area (Å²) >= 11 is 0. The molecule has 0 radical (unpaired) electrons. The van der Waals surface area contributed by atoms with E-state index in [0.717, 1.165) is 37.1 Å². The van der Waals surface area contributed by atoms with Crippen LogP contribution in [0.25, 0.3) is 0 Å². The van der Waals surface area contributed by atoms with Crippen LogP contribution in [0.3, 0.4) is 0 Å². The summed E-state index contributed by atoms with van der Waals surface area (Å²) in [6.07, 6.45) is 2.14. The highest BCUT2D eigenvalue weighted by Gasteiger charge is 2.18. The molecule has 0 aliphatic carbocycles. The highest BCUT2D eigenvalue weighted by molar-refractivity contribution is 5.91. The molecular weight excluding hydrogens is 240 g/mol. The molecule has 4 heteroatoms. The van der Waals surface area contributed by atoms with Gasteiger partial charge in [-0.05, 0) is 37.5 Å². The summed E-state index contributed by atoms with van der Waals surface area (Å²) in [6, 6.07) is 5.62. The molecule has 1 aromatic rings. The molecule has 1 aliphatic rings. The van der Waals surface area contributed by atoms with E-state index in [4.69, 9.17) is 5.11 Å². The number of benzene rings is 1. The molecule has 1 aromatic carbocycles. The largest absolute Gasteiger partial charge is 0.384 e. The summed E-state index contributed by atoms with van der Waals surface area (Å²) in [7, 11) is 0. The Morgan fingerprint density at radius 3 is 2.84 bits per heavy atom. The number of nitrogens with zero attached hydrogens (tertiary/aromatic N) is 1. The molecule has 0 bridgehead atoms. The van der Waals surface area contributed by atoms with Crippen molar-refractivity contribution in [1.29, 1.82) is 0 Å². The van der Waals surface area contributed by atoms with Gasteiger partial charge in [0.1, 0.15) is 6.61 Å². The molecule has 1 saturated heterocycles. The first kappa shape index (κ1) is 13.4. The molecule has 1 heterocycles. The topological polar surface area (TPSA) is 52.6 Å². The SMILES string of the molecule is Cc1ccc(NC(=O)N2CCCC2)c(C#CCO)c1. The zero-order valence-electron chi connectivity index (χ0n) is 11.1. The molecule has 0 aromatic heterocycles. The summed E-state index contributed by atoms with van der Waals surface area (Å²) in [5.41, 5.74) is 2.51. The van der Waals surface area contributed by atoms with Gasteiger partial charge in [-0.2, -0.15) is 0 Å². The third kappa shape index (κ3) is 3.49. The Kier molecular flexibility index (Phi) is 4.43. The first-order valence-electron chi connectivity index (χ1n) is 6.47. The van der Waals surface area contributed by atoms with Gasteiger partial charge in [0.25, 0.3) is 0 Å². The molecule has 100 valence electrons. The molecule has 2 amide bonds. The number of amides is 2. The molecule has 4 nitrogen and oxygen atoms in total. The Hall–Kier alpha value is -1.99. The Morgan fingerprint density at radius 2 is 2.16 bits per heavy atom. The Bertz CT molecular complexity index is 523. The van der Waals surface area contributed by atoms with Crippen LogP contribution in [0.5, 0.6) is 0 Å². The van der Waals surface area contributed by atoms with E-state index in [9.17, 15) is 4.79 Å². The molecule has 2 N–H and O–H groups in total. The summed E-state index contributed by atoms with van der Waals surface area (Å²) in [4.78, 5) is 13.9. The number of anilines is 1. The molecule has 0 saturated carbocycles. The van der Waals surface area contributed by atoms with E-state index >= 15 is 0 Å². The van der Waals surface area contributed by atoms with Crippen LogP contribution in [0.15, 0.2) is 18.2 Å². The Labute approximate surface area is 113 Å². The summed E-state index contributed by atoms with van der Waals surface area (Å²) in [5, 5.41) is 11.7. The maximum Gasteiger partial charge on any atom is 0.321 e. The van der Waals surface area contributed by atoms with E-state index in [-0.39, 0.29) is 12.6 Å². The number of aliphatic hydroxyl groups is 1. The standard InChI is InChI=1S/C15H18N2O2/c1-12-6-7-14(13(11-12)5-4-10-18)16-15(19)17-8-2-3-9-17/h6-7,11,18H,2-3,8-10H2,1H3,(H,16,19). The van der Waals surface area contributed by atoms with Crippen LogP contribution in [0, 0.1) is 18.8 Å². The maximum absolute atomic E-state index is 12.0. The first-order chi connectivity index (χ1) is 9.20. The fourth-order valence-corrected chi connectivity index (χ4v) is 2.12. The second-order valence-electron chi connectivity index (χ2n) is 4.63. The Morgan fingerprint density at radius 1 is 1.42 bits per heavy atom. The van der Waals surface area contributed by atoms with Crippen LogP contribution >= 0.6 is 0 Å². The van der Waals surface area contributed by atoms with Crippen LogP contribution in [0.4, 0.5) is 10.5 Å². The van der Waals surface area contributed by atoms with Crippen molar-refractivity contribution in [1.82, 2.24) is 4.90 Å². The van der Waals surface area contributed by atoms with Gasteiger partial charge in [0.2, 0.25) is 0 Å². The lowest BCUT2D eigenvalue weighted by Crippen LogP contribution is -2.32. The lowest BCUT2D eigenvalue weighted by Gasteiger charge is -2.17. The van der Waals surface area contributed by atoms with Gasteiger partial charge in [-0.3, -0.25) is 0 Å². The number of aryl methyl sites for hydroxylation is 1. The zero-order chi connectivity index (χ0) is 13.7. The van der Waals surface area contributed by atoms with E-state index in [1.807, 2.05) is 30.0 Å². The molecule has 0 unspecified atom stereocenters. The van der Waals surface area contributed by atoms with Crippen molar-refractivity contribution in [2.24, 2.45) is 0 Å². The minimum Gasteiger partial charge on any atom is -0.384 e. The maximum atomic E-state index is 12.0. The van der Waals surface area contributed by atoms with Gasteiger partial charge in [-0.25, -0.2) is 4.79 Å². The minimum absolute atomic E-state index is 0.0756. The quantitative estimate of drug-likeness (QED) is 0.757. The van der Waals surface area contributed by atoms with Gasteiger partial charge < -0.3 is 15.3 Å². The molecule has 19 heavy (non-hydrogen) atoms. The van der Waals surface area contributed by atoms with Crippen molar-refractivity contribution >= 4 is 11.7 Å². The number of hydrogen-bond donors (Lipinski definition) is 2. The van der Waals surface area contributed by atoms with Crippen LogP contribution in [-0.2, 0) is 0 Å². The van der Waals surface area contributed by atoms with Gasteiger partial charge >= 0.3 is 6.03 Å². The number of aliphatic hydroxyl groups excluding tert-OH is 1. The van der Waals surface area contributed by atoms with Gasteiger partial charge in [-0.1, -0.05) is 17.9 Å². The molecule has 2 rings (SSSR count). The van der Waals surface area contributed by atoms with Crippen molar-refractivity contribution in [3.05, 3.63) is 29.3 Å². The smallest absolute Gasteiger partial charge is 0.321 e. The van der Waals surface area contributed by atoms with E-state index in [0.29, 0.717) is 5.69 Å². The molecule has 1 aliphatic heterocycles. The second-order valence-corrected chi connectivity index (χ2v) is 4.63. The Balaban J connectivity index is 2.16. The average molecular weight is 258 g/mol. The molecular formula is C15H18N2O2. The monoisotopic (exact) mass is 258 g/mol. The van der Waals surface area contributed by atoms with Crippen LogP contribution in [0.1, 0.15) is 24.0 Å². The number of carbonyl (C=O) groups excluding carboxylic acids is 1. The molecule has 0 atom stereocenters. The zero-order valence-corrected chi connectivity index (χ0v) is 11.1. The number of nitrogens with one attached hydrogen (secondary N) is 1. The van der Waals surface area contributed by atoms with Gasteiger partial charge in [0, 0.05) is 18.7 Å². The van der Waals surface area contributed by atoms with Crippen molar-refractivity contribution in [2.45, 2.75) is 19.8 Å². The normalized spacial score (nSPS) is 13.9. The summed E-state index contributed by atoms with van der Waals surface area (Å²) in [6.45, 7) is 3.41. The lowest BCUT2D eigenvalue weighted by atomic mass is 10.1. The average Bonchev–Trinajstić information content (AvgIpc) is 2.93.